The SMILES string of the molecule is C/C=N\CC1(C(C)C)CCC(I)CC1. The average molecular weight is 307 g/mol. The number of rotatable bonds is 3. The van der Waals surface area contributed by atoms with E-state index in [2.05, 4.69) is 41.4 Å². The van der Waals surface area contributed by atoms with E-state index in [0.29, 0.717) is 5.41 Å². The first-order valence-electron chi connectivity index (χ1n) is 5.69. The van der Waals surface area contributed by atoms with Crippen LogP contribution in [0.15, 0.2) is 4.99 Å². The fraction of sp³-hybridized carbons (Fsp3) is 0.917. The summed E-state index contributed by atoms with van der Waals surface area (Å²) in [6, 6.07) is 0. The van der Waals surface area contributed by atoms with Crippen LogP contribution in [-0.2, 0) is 0 Å². The second kappa shape index (κ2) is 5.47. The van der Waals surface area contributed by atoms with Crippen molar-refractivity contribution in [3.63, 3.8) is 0 Å². The molecule has 0 unspecified atom stereocenters. The summed E-state index contributed by atoms with van der Waals surface area (Å²) in [5, 5.41) is 0. The molecule has 1 fully saturated rings. The van der Waals surface area contributed by atoms with E-state index in [4.69, 9.17) is 0 Å². The number of nitrogens with zero attached hydrogens (tertiary/aromatic N) is 1. The Morgan fingerprint density at radius 1 is 1.43 bits per heavy atom. The number of halogens is 1. The maximum atomic E-state index is 4.49. The topological polar surface area (TPSA) is 12.4 Å². The van der Waals surface area contributed by atoms with E-state index in [-0.39, 0.29) is 0 Å². The van der Waals surface area contributed by atoms with Crippen molar-refractivity contribution in [1.29, 1.82) is 0 Å². The Balaban J connectivity index is 2.63. The average Bonchev–Trinajstić information content (AvgIpc) is 2.17. The van der Waals surface area contributed by atoms with Gasteiger partial charge >= 0.3 is 0 Å². The molecule has 0 heterocycles. The van der Waals surface area contributed by atoms with Gasteiger partial charge in [-0.15, -0.1) is 0 Å². The molecule has 0 amide bonds. The zero-order valence-corrected chi connectivity index (χ0v) is 11.8. The Bertz CT molecular complexity index is 190. The lowest BCUT2D eigenvalue weighted by Crippen LogP contribution is -2.35. The third-order valence-corrected chi connectivity index (χ3v) is 4.97. The number of aliphatic imine (C=N–C) groups is 1. The minimum absolute atomic E-state index is 0.508. The molecule has 82 valence electrons. The molecule has 0 aliphatic heterocycles. The molecule has 1 rings (SSSR count). The second-order valence-electron chi connectivity index (χ2n) is 4.79. The molecule has 1 nitrogen and oxygen atoms in total. The van der Waals surface area contributed by atoms with Crippen LogP contribution in [0.2, 0.25) is 0 Å². The van der Waals surface area contributed by atoms with E-state index in [0.717, 1.165) is 16.4 Å². The lowest BCUT2D eigenvalue weighted by Gasteiger charge is -2.41. The Kier molecular flexibility index (Phi) is 4.88. The van der Waals surface area contributed by atoms with Crippen molar-refractivity contribution in [2.24, 2.45) is 16.3 Å². The Labute approximate surface area is 102 Å². The summed E-state index contributed by atoms with van der Waals surface area (Å²) in [5.41, 5.74) is 0.508. The van der Waals surface area contributed by atoms with Crippen LogP contribution in [-0.4, -0.2) is 16.7 Å². The van der Waals surface area contributed by atoms with Crippen LogP contribution in [0.4, 0.5) is 0 Å². The van der Waals surface area contributed by atoms with Crippen molar-refractivity contribution in [3.05, 3.63) is 0 Å². The molecule has 1 aliphatic rings. The summed E-state index contributed by atoms with van der Waals surface area (Å²) in [6.45, 7) is 7.79. The molecule has 14 heavy (non-hydrogen) atoms. The maximum absolute atomic E-state index is 4.49. The first-order valence-corrected chi connectivity index (χ1v) is 6.94. The minimum Gasteiger partial charge on any atom is -0.297 e. The van der Waals surface area contributed by atoms with E-state index in [9.17, 15) is 0 Å². The quantitative estimate of drug-likeness (QED) is 0.423. The van der Waals surface area contributed by atoms with Gasteiger partial charge in [0.25, 0.3) is 0 Å². The fourth-order valence-electron chi connectivity index (χ4n) is 2.35. The predicted molar refractivity (Wildman–Crippen MR) is 72.6 cm³/mol. The van der Waals surface area contributed by atoms with Gasteiger partial charge < -0.3 is 0 Å². The van der Waals surface area contributed by atoms with E-state index >= 15 is 0 Å². The monoisotopic (exact) mass is 307 g/mol. The van der Waals surface area contributed by atoms with E-state index in [1.165, 1.54) is 25.7 Å². The summed E-state index contributed by atoms with van der Waals surface area (Å²) in [4.78, 5) is 4.49. The van der Waals surface area contributed by atoms with Gasteiger partial charge in [0.2, 0.25) is 0 Å². The van der Waals surface area contributed by atoms with E-state index in [1.54, 1.807) is 0 Å². The van der Waals surface area contributed by atoms with Crippen LogP contribution in [0.5, 0.6) is 0 Å². The highest BCUT2D eigenvalue weighted by Crippen LogP contribution is 2.44. The number of hydrogen-bond donors (Lipinski definition) is 0. The van der Waals surface area contributed by atoms with Gasteiger partial charge in [0.15, 0.2) is 0 Å². The normalized spacial score (nSPS) is 34.2. The van der Waals surface area contributed by atoms with Crippen molar-refractivity contribution in [2.75, 3.05) is 6.54 Å². The van der Waals surface area contributed by atoms with Crippen LogP contribution in [0.25, 0.3) is 0 Å². The third-order valence-electron chi connectivity index (χ3n) is 3.72. The summed E-state index contributed by atoms with van der Waals surface area (Å²) >= 11 is 2.60. The lowest BCUT2D eigenvalue weighted by atomic mass is 9.67. The largest absolute Gasteiger partial charge is 0.297 e. The van der Waals surface area contributed by atoms with Gasteiger partial charge in [0.05, 0.1) is 0 Å². The highest BCUT2D eigenvalue weighted by molar-refractivity contribution is 14.1. The molecular weight excluding hydrogens is 285 g/mol. The molecule has 0 spiro atoms. The predicted octanol–water partition coefficient (Wildman–Crippen LogP) is 4.10. The Hall–Kier alpha value is 0.400. The van der Waals surface area contributed by atoms with Crippen LogP contribution in [0, 0.1) is 11.3 Å². The van der Waals surface area contributed by atoms with Crippen molar-refractivity contribution in [2.45, 2.75) is 50.4 Å². The molecule has 1 aliphatic carbocycles. The first-order chi connectivity index (χ1) is 6.60. The maximum Gasteiger partial charge on any atom is 0.0444 e. The minimum atomic E-state index is 0.508. The Morgan fingerprint density at radius 2 is 2.00 bits per heavy atom. The zero-order chi connectivity index (χ0) is 10.6. The fourth-order valence-corrected chi connectivity index (χ4v) is 2.97. The second-order valence-corrected chi connectivity index (χ2v) is 6.55. The molecule has 0 radical (unpaired) electrons. The highest BCUT2D eigenvalue weighted by Gasteiger charge is 2.36. The Morgan fingerprint density at radius 3 is 2.43 bits per heavy atom. The molecule has 0 aromatic rings. The molecule has 1 saturated carbocycles. The molecule has 0 saturated heterocycles. The van der Waals surface area contributed by atoms with E-state index < -0.39 is 0 Å². The summed E-state index contributed by atoms with van der Waals surface area (Å²) in [6.07, 6.45) is 7.47. The zero-order valence-electron chi connectivity index (χ0n) is 9.59. The summed E-state index contributed by atoms with van der Waals surface area (Å²) in [5.74, 6) is 0.773. The summed E-state index contributed by atoms with van der Waals surface area (Å²) < 4.78 is 0.907. The van der Waals surface area contributed by atoms with Gasteiger partial charge in [0.1, 0.15) is 0 Å². The van der Waals surface area contributed by atoms with E-state index in [1.807, 2.05) is 13.1 Å². The molecule has 0 N–H and O–H groups in total. The molecule has 2 heteroatoms. The van der Waals surface area contributed by atoms with Gasteiger partial charge in [-0.1, -0.05) is 36.4 Å². The summed E-state index contributed by atoms with van der Waals surface area (Å²) in [7, 11) is 0. The van der Waals surface area contributed by atoms with Crippen molar-refractivity contribution >= 4 is 28.8 Å². The number of alkyl halides is 1. The van der Waals surface area contributed by atoms with Crippen LogP contribution in [0.3, 0.4) is 0 Å². The van der Waals surface area contributed by atoms with Gasteiger partial charge in [-0.3, -0.25) is 4.99 Å². The van der Waals surface area contributed by atoms with Gasteiger partial charge in [-0.25, -0.2) is 0 Å². The number of hydrogen-bond acceptors (Lipinski definition) is 1. The smallest absolute Gasteiger partial charge is 0.0444 e. The van der Waals surface area contributed by atoms with Gasteiger partial charge in [0, 0.05) is 10.5 Å². The molecular formula is C12H22IN. The molecule has 0 aromatic carbocycles. The van der Waals surface area contributed by atoms with Gasteiger partial charge in [-0.05, 0) is 50.2 Å². The van der Waals surface area contributed by atoms with Crippen molar-refractivity contribution in [1.82, 2.24) is 0 Å². The van der Waals surface area contributed by atoms with Crippen molar-refractivity contribution in [3.8, 4) is 0 Å². The third kappa shape index (κ3) is 2.94. The molecule has 0 atom stereocenters. The van der Waals surface area contributed by atoms with Crippen molar-refractivity contribution < 1.29 is 0 Å². The van der Waals surface area contributed by atoms with Crippen LogP contribution >= 0.6 is 22.6 Å². The van der Waals surface area contributed by atoms with Crippen LogP contribution < -0.4 is 0 Å². The van der Waals surface area contributed by atoms with Gasteiger partial charge in [-0.2, -0.15) is 0 Å². The molecule has 0 bridgehead atoms. The highest BCUT2D eigenvalue weighted by atomic mass is 127. The van der Waals surface area contributed by atoms with Crippen LogP contribution in [0.1, 0.15) is 46.5 Å². The molecule has 0 aromatic heterocycles. The standard InChI is InChI=1S/C12H22IN/c1-4-14-9-12(10(2)3)7-5-11(13)6-8-12/h4,10-11H,5-9H2,1-3H3/b14-4-. The lowest BCUT2D eigenvalue weighted by molar-refractivity contribution is 0.134. The first kappa shape index (κ1) is 12.5.